The molecule has 1 aliphatic heterocycles. The van der Waals surface area contributed by atoms with E-state index in [4.69, 9.17) is 4.74 Å². The lowest BCUT2D eigenvalue weighted by molar-refractivity contribution is 0.0601. The first-order valence-electron chi connectivity index (χ1n) is 7.48. The number of rotatable bonds is 4. The molecule has 0 spiro atoms. The van der Waals surface area contributed by atoms with Crippen LogP contribution in [0.25, 0.3) is 0 Å². The molecule has 0 aromatic heterocycles. The van der Waals surface area contributed by atoms with Gasteiger partial charge in [-0.2, -0.15) is 0 Å². The first-order valence-corrected chi connectivity index (χ1v) is 7.48. The van der Waals surface area contributed by atoms with Crippen LogP contribution in [0.3, 0.4) is 0 Å². The van der Waals surface area contributed by atoms with Gasteiger partial charge in [-0.05, 0) is 44.4 Å². The Hall–Kier alpha value is -1.62. The fraction of sp³-hybridized carbons (Fsp3) is 0.562. The second-order valence-electron chi connectivity index (χ2n) is 6.04. The highest BCUT2D eigenvalue weighted by atomic mass is 19.1. The molecule has 2 fully saturated rings. The average molecular weight is 292 g/mol. The third-order valence-corrected chi connectivity index (χ3v) is 4.39. The third-order valence-electron chi connectivity index (χ3n) is 4.39. The van der Waals surface area contributed by atoms with Crippen LogP contribution in [0, 0.1) is 5.82 Å². The van der Waals surface area contributed by atoms with Crippen LogP contribution < -0.4 is 5.32 Å². The summed E-state index contributed by atoms with van der Waals surface area (Å²) < 4.78 is 18.2. The molecule has 0 amide bonds. The molecule has 1 aliphatic carbocycles. The molecule has 0 radical (unpaired) electrons. The van der Waals surface area contributed by atoms with Crippen LogP contribution in [0.15, 0.2) is 18.2 Å². The lowest BCUT2D eigenvalue weighted by atomic mass is 10.1. The van der Waals surface area contributed by atoms with Crippen molar-refractivity contribution in [3.8, 4) is 0 Å². The number of carbonyl (C=O) groups excluding carboxylic acids is 1. The Labute approximate surface area is 124 Å². The monoisotopic (exact) mass is 292 g/mol. The van der Waals surface area contributed by atoms with Crippen molar-refractivity contribution in [2.24, 2.45) is 0 Å². The SMILES string of the molecule is COC(=O)c1ccc(F)cc1NC1CC(C)N(C2CC2)C1. The van der Waals surface area contributed by atoms with Crippen LogP contribution in [0.2, 0.25) is 0 Å². The molecule has 1 saturated carbocycles. The van der Waals surface area contributed by atoms with E-state index in [-0.39, 0.29) is 11.9 Å². The summed E-state index contributed by atoms with van der Waals surface area (Å²) in [6, 6.07) is 5.62. The molecule has 1 aromatic carbocycles. The van der Waals surface area contributed by atoms with Gasteiger partial charge < -0.3 is 10.1 Å². The third kappa shape index (κ3) is 3.02. The number of nitrogens with zero attached hydrogens (tertiary/aromatic N) is 1. The van der Waals surface area contributed by atoms with Gasteiger partial charge in [-0.15, -0.1) is 0 Å². The quantitative estimate of drug-likeness (QED) is 0.866. The van der Waals surface area contributed by atoms with E-state index in [0.717, 1.165) is 19.0 Å². The van der Waals surface area contributed by atoms with Gasteiger partial charge in [-0.1, -0.05) is 0 Å². The van der Waals surface area contributed by atoms with Gasteiger partial charge in [0, 0.05) is 24.7 Å². The van der Waals surface area contributed by atoms with Crippen LogP contribution in [-0.4, -0.2) is 42.6 Å². The number of hydrogen-bond acceptors (Lipinski definition) is 4. The fourth-order valence-corrected chi connectivity index (χ4v) is 3.22. The molecule has 2 unspecified atom stereocenters. The van der Waals surface area contributed by atoms with Crippen molar-refractivity contribution in [1.29, 1.82) is 0 Å². The summed E-state index contributed by atoms with van der Waals surface area (Å²) in [6.07, 6.45) is 3.57. The van der Waals surface area contributed by atoms with E-state index in [2.05, 4.69) is 17.1 Å². The normalized spacial score (nSPS) is 25.9. The summed E-state index contributed by atoms with van der Waals surface area (Å²) in [6.45, 7) is 3.18. The van der Waals surface area contributed by atoms with Gasteiger partial charge in [-0.25, -0.2) is 9.18 Å². The highest BCUT2D eigenvalue weighted by molar-refractivity contribution is 5.95. The molecule has 5 heteroatoms. The van der Waals surface area contributed by atoms with E-state index in [9.17, 15) is 9.18 Å². The van der Waals surface area contributed by atoms with Crippen molar-refractivity contribution in [3.63, 3.8) is 0 Å². The Morgan fingerprint density at radius 3 is 2.86 bits per heavy atom. The summed E-state index contributed by atoms with van der Waals surface area (Å²) >= 11 is 0. The maximum atomic E-state index is 13.5. The van der Waals surface area contributed by atoms with Crippen molar-refractivity contribution in [2.45, 2.75) is 44.3 Å². The Bertz CT molecular complexity index is 545. The Morgan fingerprint density at radius 1 is 1.43 bits per heavy atom. The highest BCUT2D eigenvalue weighted by Gasteiger charge is 2.38. The lowest BCUT2D eigenvalue weighted by Gasteiger charge is -2.20. The van der Waals surface area contributed by atoms with Crippen LogP contribution in [0.1, 0.15) is 36.5 Å². The van der Waals surface area contributed by atoms with Crippen LogP contribution in [-0.2, 0) is 4.74 Å². The second kappa shape index (κ2) is 5.64. The minimum atomic E-state index is -0.442. The van der Waals surface area contributed by atoms with E-state index in [0.29, 0.717) is 17.3 Å². The highest BCUT2D eigenvalue weighted by Crippen LogP contribution is 2.34. The molecular weight excluding hydrogens is 271 g/mol. The zero-order valence-corrected chi connectivity index (χ0v) is 12.4. The Kier molecular flexibility index (Phi) is 3.85. The van der Waals surface area contributed by atoms with Crippen molar-refractivity contribution in [3.05, 3.63) is 29.6 Å². The van der Waals surface area contributed by atoms with Crippen LogP contribution >= 0.6 is 0 Å². The number of ether oxygens (including phenoxy) is 1. The van der Waals surface area contributed by atoms with Gasteiger partial charge >= 0.3 is 5.97 Å². The molecular formula is C16H21FN2O2. The van der Waals surface area contributed by atoms with E-state index in [1.807, 2.05) is 0 Å². The standard InChI is InChI=1S/C16H21FN2O2/c1-10-7-12(9-19(10)13-4-5-13)18-15-8-11(17)3-6-14(15)16(20)21-2/h3,6,8,10,12-13,18H,4-5,7,9H2,1-2H3. The maximum absolute atomic E-state index is 13.5. The molecule has 114 valence electrons. The first kappa shape index (κ1) is 14.3. The van der Waals surface area contributed by atoms with Crippen molar-refractivity contribution in [2.75, 3.05) is 19.0 Å². The summed E-state index contributed by atoms with van der Waals surface area (Å²) in [7, 11) is 1.34. The number of methoxy groups -OCH3 is 1. The fourth-order valence-electron chi connectivity index (χ4n) is 3.22. The smallest absolute Gasteiger partial charge is 0.339 e. The largest absolute Gasteiger partial charge is 0.465 e. The molecule has 1 heterocycles. The minimum absolute atomic E-state index is 0.241. The molecule has 1 N–H and O–H groups in total. The molecule has 3 rings (SSSR count). The van der Waals surface area contributed by atoms with E-state index >= 15 is 0 Å². The number of anilines is 1. The number of hydrogen-bond donors (Lipinski definition) is 1. The van der Waals surface area contributed by atoms with Gasteiger partial charge in [0.25, 0.3) is 0 Å². The molecule has 2 atom stereocenters. The predicted octanol–water partition coefficient (Wildman–Crippen LogP) is 2.65. The van der Waals surface area contributed by atoms with Gasteiger partial charge in [0.15, 0.2) is 0 Å². The number of esters is 1. The van der Waals surface area contributed by atoms with Gasteiger partial charge in [-0.3, -0.25) is 4.90 Å². The Balaban J connectivity index is 1.75. The molecule has 21 heavy (non-hydrogen) atoms. The number of likely N-dealkylation sites (tertiary alicyclic amines) is 1. The van der Waals surface area contributed by atoms with E-state index < -0.39 is 5.97 Å². The van der Waals surface area contributed by atoms with Crippen LogP contribution in [0.5, 0.6) is 0 Å². The molecule has 1 saturated heterocycles. The molecule has 0 bridgehead atoms. The Morgan fingerprint density at radius 2 is 2.19 bits per heavy atom. The van der Waals surface area contributed by atoms with Crippen LogP contribution in [0.4, 0.5) is 10.1 Å². The van der Waals surface area contributed by atoms with Crippen molar-refractivity contribution in [1.82, 2.24) is 4.90 Å². The summed E-state index contributed by atoms with van der Waals surface area (Å²) in [5.74, 6) is -0.794. The van der Waals surface area contributed by atoms with Crippen molar-refractivity contribution < 1.29 is 13.9 Å². The average Bonchev–Trinajstić information content (AvgIpc) is 3.23. The zero-order valence-electron chi connectivity index (χ0n) is 12.4. The summed E-state index contributed by atoms with van der Waals surface area (Å²) in [5.41, 5.74) is 0.910. The topological polar surface area (TPSA) is 41.6 Å². The summed E-state index contributed by atoms with van der Waals surface area (Å²) in [5, 5.41) is 3.33. The zero-order chi connectivity index (χ0) is 15.0. The van der Waals surface area contributed by atoms with Gasteiger partial charge in [0.2, 0.25) is 0 Å². The maximum Gasteiger partial charge on any atom is 0.339 e. The molecule has 4 nitrogen and oxygen atoms in total. The lowest BCUT2D eigenvalue weighted by Crippen LogP contribution is -2.31. The second-order valence-corrected chi connectivity index (χ2v) is 6.04. The molecule has 2 aliphatic rings. The van der Waals surface area contributed by atoms with Crippen molar-refractivity contribution >= 4 is 11.7 Å². The number of nitrogens with one attached hydrogen (secondary N) is 1. The van der Waals surface area contributed by atoms with Gasteiger partial charge in [0.05, 0.1) is 18.4 Å². The number of halogens is 1. The van der Waals surface area contributed by atoms with E-state index in [1.54, 1.807) is 0 Å². The number of carbonyl (C=O) groups is 1. The summed E-state index contributed by atoms with van der Waals surface area (Å²) in [4.78, 5) is 14.3. The predicted molar refractivity (Wildman–Crippen MR) is 79.0 cm³/mol. The van der Waals surface area contributed by atoms with E-state index in [1.165, 1.54) is 38.2 Å². The molecule has 1 aromatic rings. The first-order chi connectivity index (χ1) is 10.1. The van der Waals surface area contributed by atoms with Gasteiger partial charge in [0.1, 0.15) is 5.82 Å². The number of benzene rings is 1. The minimum Gasteiger partial charge on any atom is -0.465 e.